The lowest BCUT2D eigenvalue weighted by atomic mass is 9.96. The molecule has 7 heteroatoms. The van der Waals surface area contributed by atoms with Gasteiger partial charge in [0.15, 0.2) is 0 Å². The second kappa shape index (κ2) is 7.29. The van der Waals surface area contributed by atoms with Gasteiger partial charge in [-0.05, 0) is 36.4 Å². The summed E-state index contributed by atoms with van der Waals surface area (Å²) in [6, 6.07) is 9.77. The Kier molecular flexibility index (Phi) is 4.71. The molecule has 0 atom stereocenters. The third-order valence-electron chi connectivity index (χ3n) is 4.83. The van der Waals surface area contributed by atoms with E-state index in [4.69, 9.17) is 0 Å². The van der Waals surface area contributed by atoms with Crippen LogP contribution in [0.1, 0.15) is 34.9 Å². The molecule has 1 aliphatic rings. The molecule has 0 spiro atoms. The molecular weight excluding hydrogens is 348 g/mol. The second-order valence-electron chi connectivity index (χ2n) is 6.49. The van der Waals surface area contributed by atoms with Crippen molar-refractivity contribution in [2.75, 3.05) is 19.6 Å². The summed E-state index contributed by atoms with van der Waals surface area (Å²) < 4.78 is 0. The van der Waals surface area contributed by atoms with Crippen molar-refractivity contribution in [2.24, 2.45) is 0 Å². The summed E-state index contributed by atoms with van der Waals surface area (Å²) in [5, 5.41) is 6.32. The molecule has 1 aliphatic heterocycles. The average molecular weight is 368 g/mol. The van der Waals surface area contributed by atoms with E-state index in [1.807, 2.05) is 34.5 Å². The molecule has 2 aromatic heterocycles. The van der Waals surface area contributed by atoms with Crippen LogP contribution in [0.3, 0.4) is 0 Å². The standard InChI is InChI=1S/C19H20N4O2S/c24-17(11-20-19(25)14-7-10-26-12-14)23-8-5-13(6-9-23)18-21-15-3-1-2-4-16(15)22-18/h1-4,7,10,12-13H,5-6,8-9,11H2,(H,20,25)(H,21,22). The van der Waals surface area contributed by atoms with Gasteiger partial charge in [0.1, 0.15) is 5.82 Å². The highest BCUT2D eigenvalue weighted by Gasteiger charge is 2.25. The van der Waals surface area contributed by atoms with Gasteiger partial charge in [-0.3, -0.25) is 9.59 Å². The molecule has 0 radical (unpaired) electrons. The molecule has 2 amide bonds. The Bertz CT molecular complexity index is 878. The van der Waals surface area contributed by atoms with Crippen molar-refractivity contribution in [3.8, 4) is 0 Å². The van der Waals surface area contributed by atoms with Crippen molar-refractivity contribution < 1.29 is 9.59 Å². The van der Waals surface area contributed by atoms with E-state index < -0.39 is 0 Å². The van der Waals surface area contributed by atoms with E-state index in [1.165, 1.54) is 11.3 Å². The van der Waals surface area contributed by atoms with Gasteiger partial charge >= 0.3 is 0 Å². The van der Waals surface area contributed by atoms with Crippen molar-refractivity contribution in [2.45, 2.75) is 18.8 Å². The number of nitrogens with zero attached hydrogens (tertiary/aromatic N) is 2. The van der Waals surface area contributed by atoms with Crippen LogP contribution in [0, 0.1) is 0 Å². The first-order valence-corrected chi connectivity index (χ1v) is 9.68. The van der Waals surface area contributed by atoms with Gasteiger partial charge in [0.25, 0.3) is 5.91 Å². The lowest BCUT2D eigenvalue weighted by molar-refractivity contribution is -0.131. The number of H-pyrrole nitrogens is 1. The first-order valence-electron chi connectivity index (χ1n) is 8.73. The van der Waals surface area contributed by atoms with Crippen LogP contribution in [0.2, 0.25) is 0 Å². The van der Waals surface area contributed by atoms with Crippen LogP contribution in [0.4, 0.5) is 0 Å². The van der Waals surface area contributed by atoms with Crippen LogP contribution >= 0.6 is 11.3 Å². The minimum absolute atomic E-state index is 0.0309. The van der Waals surface area contributed by atoms with Crippen LogP contribution < -0.4 is 5.32 Å². The summed E-state index contributed by atoms with van der Waals surface area (Å²) in [6.45, 7) is 1.42. The number of hydrogen-bond acceptors (Lipinski definition) is 4. The third-order valence-corrected chi connectivity index (χ3v) is 5.51. The highest BCUT2D eigenvalue weighted by Crippen LogP contribution is 2.27. The Hall–Kier alpha value is -2.67. The molecule has 3 aromatic rings. The molecule has 0 unspecified atom stereocenters. The summed E-state index contributed by atoms with van der Waals surface area (Å²) in [7, 11) is 0. The summed E-state index contributed by atoms with van der Waals surface area (Å²) in [4.78, 5) is 34.2. The van der Waals surface area contributed by atoms with Crippen LogP contribution in [0.15, 0.2) is 41.1 Å². The highest BCUT2D eigenvalue weighted by molar-refractivity contribution is 7.08. The quantitative estimate of drug-likeness (QED) is 0.743. The number of aromatic amines is 1. The van der Waals surface area contributed by atoms with Gasteiger partial charge < -0.3 is 15.2 Å². The Morgan fingerprint density at radius 3 is 2.77 bits per heavy atom. The number of nitrogens with one attached hydrogen (secondary N) is 2. The van der Waals surface area contributed by atoms with Crippen molar-refractivity contribution >= 4 is 34.2 Å². The summed E-state index contributed by atoms with van der Waals surface area (Å²) in [5.74, 6) is 1.12. The van der Waals surface area contributed by atoms with E-state index in [1.54, 1.807) is 11.4 Å². The normalized spacial score (nSPS) is 15.3. The molecule has 134 valence electrons. The largest absolute Gasteiger partial charge is 0.343 e. The summed E-state index contributed by atoms with van der Waals surface area (Å²) in [5.41, 5.74) is 2.64. The van der Waals surface area contributed by atoms with E-state index in [0.717, 1.165) is 29.7 Å². The van der Waals surface area contributed by atoms with Gasteiger partial charge in [0.2, 0.25) is 5.91 Å². The number of piperidine rings is 1. The lowest BCUT2D eigenvalue weighted by Gasteiger charge is -2.31. The molecule has 1 aromatic carbocycles. The van der Waals surface area contributed by atoms with Gasteiger partial charge in [-0.2, -0.15) is 11.3 Å². The summed E-state index contributed by atoms with van der Waals surface area (Å²) >= 11 is 1.46. The van der Waals surface area contributed by atoms with E-state index in [-0.39, 0.29) is 18.4 Å². The monoisotopic (exact) mass is 368 g/mol. The number of hydrogen-bond donors (Lipinski definition) is 2. The third kappa shape index (κ3) is 3.48. The second-order valence-corrected chi connectivity index (χ2v) is 7.27. The van der Waals surface area contributed by atoms with E-state index >= 15 is 0 Å². The molecule has 1 fully saturated rings. The molecular formula is C19H20N4O2S. The number of aromatic nitrogens is 2. The van der Waals surface area contributed by atoms with Crippen LogP contribution in [0.25, 0.3) is 11.0 Å². The molecule has 1 saturated heterocycles. The number of carbonyl (C=O) groups excluding carboxylic acids is 2. The minimum Gasteiger partial charge on any atom is -0.343 e. The molecule has 6 nitrogen and oxygen atoms in total. The SMILES string of the molecule is O=C(NCC(=O)N1CCC(c2nc3ccccc3[nH]2)CC1)c1ccsc1. The number of thiophene rings is 1. The maximum Gasteiger partial charge on any atom is 0.252 e. The average Bonchev–Trinajstić information content (AvgIpc) is 3.35. The van der Waals surface area contributed by atoms with Gasteiger partial charge in [-0.1, -0.05) is 12.1 Å². The van der Waals surface area contributed by atoms with Gasteiger partial charge in [-0.25, -0.2) is 4.98 Å². The number of likely N-dealkylation sites (tertiary alicyclic amines) is 1. The zero-order valence-electron chi connectivity index (χ0n) is 14.3. The Labute approximate surface area is 155 Å². The molecule has 2 N–H and O–H groups in total. The van der Waals surface area contributed by atoms with Crippen molar-refractivity contribution in [1.82, 2.24) is 20.2 Å². The van der Waals surface area contributed by atoms with Crippen LogP contribution in [-0.4, -0.2) is 46.3 Å². The number of fused-ring (bicyclic) bond motifs is 1. The molecule has 0 aliphatic carbocycles. The fourth-order valence-corrected chi connectivity index (χ4v) is 3.97. The lowest BCUT2D eigenvalue weighted by Crippen LogP contribution is -2.43. The van der Waals surface area contributed by atoms with Gasteiger partial charge in [0.05, 0.1) is 17.6 Å². The number of benzene rings is 1. The Balaban J connectivity index is 1.30. The van der Waals surface area contributed by atoms with Crippen molar-refractivity contribution in [3.05, 3.63) is 52.5 Å². The Morgan fingerprint density at radius 2 is 2.04 bits per heavy atom. The molecule has 0 bridgehead atoms. The zero-order valence-corrected chi connectivity index (χ0v) is 15.1. The topological polar surface area (TPSA) is 78.1 Å². The molecule has 26 heavy (non-hydrogen) atoms. The maximum atomic E-state index is 12.3. The summed E-state index contributed by atoms with van der Waals surface area (Å²) in [6.07, 6.45) is 1.76. The minimum atomic E-state index is -0.197. The van der Waals surface area contributed by atoms with E-state index in [9.17, 15) is 9.59 Å². The fourth-order valence-electron chi connectivity index (χ4n) is 3.33. The maximum absolute atomic E-state index is 12.3. The first-order chi connectivity index (χ1) is 12.7. The number of para-hydroxylation sites is 2. The number of imidazole rings is 1. The number of carbonyl (C=O) groups is 2. The zero-order chi connectivity index (χ0) is 17.9. The van der Waals surface area contributed by atoms with Gasteiger partial charge in [0, 0.05) is 30.0 Å². The molecule has 4 rings (SSSR count). The Morgan fingerprint density at radius 1 is 1.23 bits per heavy atom. The smallest absolute Gasteiger partial charge is 0.252 e. The van der Waals surface area contributed by atoms with E-state index in [2.05, 4.69) is 15.3 Å². The van der Waals surface area contributed by atoms with Crippen LogP contribution in [0.5, 0.6) is 0 Å². The van der Waals surface area contributed by atoms with Crippen LogP contribution in [-0.2, 0) is 4.79 Å². The number of amides is 2. The predicted molar refractivity (Wildman–Crippen MR) is 101 cm³/mol. The molecule has 0 saturated carbocycles. The van der Waals surface area contributed by atoms with Gasteiger partial charge in [-0.15, -0.1) is 0 Å². The van der Waals surface area contributed by atoms with Crippen molar-refractivity contribution in [3.63, 3.8) is 0 Å². The predicted octanol–water partition coefficient (Wildman–Crippen LogP) is 2.76. The van der Waals surface area contributed by atoms with Crippen molar-refractivity contribution in [1.29, 1.82) is 0 Å². The molecule has 3 heterocycles. The highest BCUT2D eigenvalue weighted by atomic mass is 32.1. The first kappa shape index (κ1) is 16.8. The van der Waals surface area contributed by atoms with E-state index in [0.29, 0.717) is 24.6 Å². The number of rotatable bonds is 4. The fraction of sp³-hybridized carbons (Fsp3) is 0.316.